The van der Waals surface area contributed by atoms with Gasteiger partial charge in [-0.05, 0) is 13.0 Å². The van der Waals surface area contributed by atoms with Crippen molar-refractivity contribution in [1.29, 1.82) is 0 Å². The Labute approximate surface area is 122 Å². The third-order valence-corrected chi connectivity index (χ3v) is 3.63. The first kappa shape index (κ1) is 15.9. The summed E-state index contributed by atoms with van der Waals surface area (Å²) in [6.45, 7) is 3.75. The molecule has 0 bridgehead atoms. The molecule has 2 N–H and O–H groups in total. The number of fused-ring (bicyclic) bond motifs is 1. The predicted octanol–water partition coefficient (Wildman–Crippen LogP) is -0.765. The Morgan fingerprint density at radius 1 is 1.33 bits per heavy atom. The van der Waals surface area contributed by atoms with Gasteiger partial charge < -0.3 is 24.9 Å². The van der Waals surface area contributed by atoms with E-state index in [4.69, 9.17) is 9.47 Å². The molecule has 9 heteroatoms. The van der Waals surface area contributed by atoms with Gasteiger partial charge in [0.15, 0.2) is 6.10 Å². The molecule has 0 saturated carbocycles. The molecule has 2 saturated heterocycles. The van der Waals surface area contributed by atoms with Crippen LogP contribution in [0, 0.1) is 10.1 Å². The van der Waals surface area contributed by atoms with E-state index in [1.54, 1.807) is 0 Å². The standard InChI is InChI=1S/C12H21N3O6/c1-2-10(16)14-5-3-4-13-8-6-19-12-9(21-15(17)18)7-20-11(8)12/h8-9,11-13H,2-7H2,1H3,(H,14,16)/t8-,9+,11-,12-/m1/s1. The fourth-order valence-electron chi connectivity index (χ4n) is 2.57. The lowest BCUT2D eigenvalue weighted by molar-refractivity contribution is -0.769. The number of carbonyl (C=O) groups excluding carboxylic acids is 1. The molecule has 2 fully saturated rings. The van der Waals surface area contributed by atoms with Crippen LogP contribution in [0.25, 0.3) is 0 Å². The second-order valence-corrected chi connectivity index (χ2v) is 5.08. The molecule has 2 rings (SSSR count). The van der Waals surface area contributed by atoms with Gasteiger partial charge in [-0.2, -0.15) is 0 Å². The number of rotatable bonds is 8. The molecule has 0 aromatic carbocycles. The Bertz CT molecular complexity index is 380. The van der Waals surface area contributed by atoms with Crippen molar-refractivity contribution in [1.82, 2.24) is 10.6 Å². The molecule has 2 heterocycles. The smallest absolute Gasteiger partial charge is 0.294 e. The summed E-state index contributed by atoms with van der Waals surface area (Å²) in [5.41, 5.74) is 0. The Balaban J connectivity index is 1.65. The molecule has 0 aromatic rings. The van der Waals surface area contributed by atoms with Crippen molar-refractivity contribution in [3.63, 3.8) is 0 Å². The van der Waals surface area contributed by atoms with Crippen LogP contribution in [0.4, 0.5) is 0 Å². The van der Waals surface area contributed by atoms with Crippen molar-refractivity contribution in [2.24, 2.45) is 0 Å². The van der Waals surface area contributed by atoms with Crippen molar-refractivity contribution in [3.8, 4) is 0 Å². The molecule has 4 atom stereocenters. The number of hydrogen-bond acceptors (Lipinski definition) is 7. The highest BCUT2D eigenvalue weighted by atomic mass is 17.0. The Kier molecular flexibility index (Phi) is 5.71. The van der Waals surface area contributed by atoms with E-state index in [0.717, 1.165) is 6.42 Å². The summed E-state index contributed by atoms with van der Waals surface area (Å²) >= 11 is 0. The average molecular weight is 303 g/mol. The van der Waals surface area contributed by atoms with E-state index in [9.17, 15) is 14.9 Å². The van der Waals surface area contributed by atoms with Crippen LogP contribution in [0.3, 0.4) is 0 Å². The second kappa shape index (κ2) is 7.53. The fraction of sp³-hybridized carbons (Fsp3) is 0.917. The van der Waals surface area contributed by atoms with Crippen molar-refractivity contribution in [2.45, 2.75) is 44.1 Å². The Hall–Kier alpha value is -1.45. The quantitative estimate of drug-likeness (QED) is 0.344. The van der Waals surface area contributed by atoms with E-state index in [-0.39, 0.29) is 24.7 Å². The van der Waals surface area contributed by atoms with Crippen LogP contribution in [0.2, 0.25) is 0 Å². The zero-order chi connectivity index (χ0) is 15.2. The maximum atomic E-state index is 11.1. The summed E-state index contributed by atoms with van der Waals surface area (Å²) in [5, 5.41) is 15.7. The molecule has 9 nitrogen and oxygen atoms in total. The molecular weight excluding hydrogens is 282 g/mol. The van der Waals surface area contributed by atoms with Crippen LogP contribution in [-0.4, -0.2) is 61.7 Å². The van der Waals surface area contributed by atoms with Gasteiger partial charge in [-0.25, -0.2) is 0 Å². The Morgan fingerprint density at radius 3 is 2.81 bits per heavy atom. The van der Waals surface area contributed by atoms with Crippen LogP contribution in [-0.2, 0) is 19.1 Å². The molecule has 0 radical (unpaired) electrons. The van der Waals surface area contributed by atoms with E-state index >= 15 is 0 Å². The maximum absolute atomic E-state index is 11.1. The lowest BCUT2D eigenvalue weighted by atomic mass is 10.1. The van der Waals surface area contributed by atoms with Gasteiger partial charge >= 0.3 is 0 Å². The SMILES string of the molecule is CCC(=O)NCCCN[C@@H]1CO[C@H]2[C@@H]1OC[C@@H]2O[N+](=O)[O-]. The molecule has 0 aliphatic carbocycles. The first-order chi connectivity index (χ1) is 10.1. The van der Waals surface area contributed by atoms with Crippen molar-refractivity contribution in [3.05, 3.63) is 10.1 Å². The molecule has 0 spiro atoms. The van der Waals surface area contributed by atoms with Crippen molar-refractivity contribution in [2.75, 3.05) is 26.3 Å². The maximum Gasteiger partial charge on any atom is 0.294 e. The first-order valence-electron chi connectivity index (χ1n) is 7.16. The highest BCUT2D eigenvalue weighted by molar-refractivity contribution is 5.75. The minimum Gasteiger partial charge on any atom is -0.371 e. The minimum atomic E-state index is -0.809. The van der Waals surface area contributed by atoms with E-state index in [1.807, 2.05) is 6.92 Å². The zero-order valence-electron chi connectivity index (χ0n) is 11.9. The number of hydrogen-bond donors (Lipinski definition) is 2. The topological polar surface area (TPSA) is 112 Å². The van der Waals surface area contributed by atoms with Crippen LogP contribution in [0.5, 0.6) is 0 Å². The number of amides is 1. The van der Waals surface area contributed by atoms with Crippen molar-refractivity contribution >= 4 is 5.91 Å². The monoisotopic (exact) mass is 303 g/mol. The van der Waals surface area contributed by atoms with Gasteiger partial charge in [0, 0.05) is 13.0 Å². The molecule has 2 aliphatic rings. The van der Waals surface area contributed by atoms with Gasteiger partial charge in [-0.15, -0.1) is 10.1 Å². The molecule has 0 aromatic heterocycles. The van der Waals surface area contributed by atoms with Crippen LogP contribution < -0.4 is 10.6 Å². The summed E-state index contributed by atoms with van der Waals surface area (Å²) in [5.74, 6) is 0.0400. The summed E-state index contributed by atoms with van der Waals surface area (Å²) < 4.78 is 11.1. The lowest BCUT2D eigenvalue weighted by Gasteiger charge is -2.17. The molecule has 0 unspecified atom stereocenters. The van der Waals surface area contributed by atoms with E-state index in [2.05, 4.69) is 15.5 Å². The lowest BCUT2D eigenvalue weighted by Crippen LogP contribution is -2.42. The minimum absolute atomic E-state index is 0.00256. The summed E-state index contributed by atoms with van der Waals surface area (Å²) in [7, 11) is 0. The van der Waals surface area contributed by atoms with Gasteiger partial charge in [0.1, 0.15) is 12.2 Å². The van der Waals surface area contributed by atoms with Crippen LogP contribution in [0.1, 0.15) is 19.8 Å². The summed E-state index contributed by atoms with van der Waals surface area (Å²) in [6, 6.07) is -0.00256. The zero-order valence-corrected chi connectivity index (χ0v) is 11.9. The van der Waals surface area contributed by atoms with Gasteiger partial charge in [0.05, 0.1) is 19.3 Å². The third-order valence-electron chi connectivity index (χ3n) is 3.63. The average Bonchev–Trinajstić information content (AvgIpc) is 3.01. The molecular formula is C12H21N3O6. The van der Waals surface area contributed by atoms with E-state index in [1.165, 1.54) is 0 Å². The fourth-order valence-corrected chi connectivity index (χ4v) is 2.57. The van der Waals surface area contributed by atoms with Crippen molar-refractivity contribution < 1.29 is 24.2 Å². The van der Waals surface area contributed by atoms with Gasteiger partial charge in [-0.1, -0.05) is 6.92 Å². The molecule has 120 valence electrons. The first-order valence-corrected chi connectivity index (χ1v) is 7.16. The molecule has 21 heavy (non-hydrogen) atoms. The van der Waals surface area contributed by atoms with E-state index in [0.29, 0.717) is 26.1 Å². The molecule has 2 aliphatic heterocycles. The highest BCUT2D eigenvalue weighted by Gasteiger charge is 2.49. The van der Waals surface area contributed by atoms with E-state index < -0.39 is 17.3 Å². The second-order valence-electron chi connectivity index (χ2n) is 5.08. The number of nitrogens with one attached hydrogen (secondary N) is 2. The summed E-state index contributed by atoms with van der Waals surface area (Å²) in [6.07, 6.45) is 0.0156. The highest BCUT2D eigenvalue weighted by Crippen LogP contribution is 2.28. The summed E-state index contributed by atoms with van der Waals surface area (Å²) in [4.78, 5) is 26.0. The third kappa shape index (κ3) is 4.26. The number of nitrogens with zero attached hydrogens (tertiary/aromatic N) is 1. The number of carbonyl (C=O) groups is 1. The Morgan fingerprint density at radius 2 is 2.10 bits per heavy atom. The van der Waals surface area contributed by atoms with Gasteiger partial charge in [0.2, 0.25) is 5.91 Å². The van der Waals surface area contributed by atoms with Crippen LogP contribution in [0.15, 0.2) is 0 Å². The largest absolute Gasteiger partial charge is 0.371 e. The van der Waals surface area contributed by atoms with Crippen LogP contribution >= 0.6 is 0 Å². The number of ether oxygens (including phenoxy) is 2. The van der Waals surface area contributed by atoms with Gasteiger partial charge in [-0.3, -0.25) is 4.79 Å². The molecule has 1 amide bonds. The van der Waals surface area contributed by atoms with Gasteiger partial charge in [0.25, 0.3) is 5.09 Å². The normalized spacial score (nSPS) is 30.9. The predicted molar refractivity (Wildman–Crippen MR) is 71.1 cm³/mol.